The van der Waals surface area contributed by atoms with E-state index in [1.807, 2.05) is 6.07 Å². The summed E-state index contributed by atoms with van der Waals surface area (Å²) < 4.78 is 0. The standard InChI is InChI=1S/C11H12ClN5O2/c12-10-8(4-13)14-5-9(16-10)15-7-2-1-3-17(6-7)11(18)19/h5,7H,1-3,6H2,(H,15,16)(H,18,19)/t7-/m1/s1. The van der Waals surface area contributed by atoms with Crippen molar-refractivity contribution in [1.29, 1.82) is 5.26 Å². The molecule has 0 spiro atoms. The lowest BCUT2D eigenvalue weighted by atomic mass is 10.1. The third-order valence-corrected chi connectivity index (χ3v) is 3.14. The number of amides is 1. The molecular weight excluding hydrogens is 270 g/mol. The van der Waals surface area contributed by atoms with Crippen LogP contribution in [-0.2, 0) is 0 Å². The van der Waals surface area contributed by atoms with Crippen LogP contribution in [0.4, 0.5) is 10.6 Å². The average Bonchev–Trinajstić information content (AvgIpc) is 2.39. The van der Waals surface area contributed by atoms with Crippen molar-refractivity contribution in [2.45, 2.75) is 18.9 Å². The summed E-state index contributed by atoms with van der Waals surface area (Å²) >= 11 is 5.79. The quantitative estimate of drug-likeness (QED) is 0.853. The Morgan fingerprint density at radius 3 is 3.11 bits per heavy atom. The first-order valence-corrected chi connectivity index (χ1v) is 6.15. The maximum atomic E-state index is 10.9. The van der Waals surface area contributed by atoms with E-state index in [1.165, 1.54) is 11.1 Å². The summed E-state index contributed by atoms with van der Waals surface area (Å²) in [6.07, 6.45) is 2.14. The minimum absolute atomic E-state index is 0.0249. The zero-order chi connectivity index (χ0) is 13.8. The molecule has 1 aliphatic rings. The summed E-state index contributed by atoms with van der Waals surface area (Å²) in [5.74, 6) is 0.446. The van der Waals surface area contributed by atoms with Gasteiger partial charge in [0.1, 0.15) is 11.9 Å². The number of nitriles is 1. The summed E-state index contributed by atoms with van der Waals surface area (Å²) in [6.45, 7) is 0.946. The fourth-order valence-electron chi connectivity index (χ4n) is 1.99. The van der Waals surface area contributed by atoms with Gasteiger partial charge in [-0.05, 0) is 12.8 Å². The van der Waals surface area contributed by atoms with E-state index < -0.39 is 6.09 Å². The number of nitrogens with one attached hydrogen (secondary N) is 1. The van der Waals surface area contributed by atoms with E-state index in [0.717, 1.165) is 12.8 Å². The Labute approximate surface area is 114 Å². The number of nitrogens with zero attached hydrogens (tertiary/aromatic N) is 4. The minimum Gasteiger partial charge on any atom is -0.465 e. The van der Waals surface area contributed by atoms with Gasteiger partial charge in [0.15, 0.2) is 10.8 Å². The molecule has 1 fully saturated rings. The fraction of sp³-hybridized carbons (Fsp3) is 0.455. The normalized spacial score (nSPS) is 18.7. The number of anilines is 1. The molecule has 19 heavy (non-hydrogen) atoms. The van der Waals surface area contributed by atoms with Crippen molar-refractivity contribution >= 4 is 23.5 Å². The van der Waals surface area contributed by atoms with E-state index in [1.54, 1.807) is 0 Å². The number of rotatable bonds is 2. The molecule has 1 aliphatic heterocycles. The molecule has 0 bridgehead atoms. The van der Waals surface area contributed by atoms with Gasteiger partial charge in [0.05, 0.1) is 6.20 Å². The first kappa shape index (κ1) is 13.4. The molecule has 2 heterocycles. The molecule has 2 N–H and O–H groups in total. The number of likely N-dealkylation sites (tertiary alicyclic amines) is 1. The zero-order valence-corrected chi connectivity index (χ0v) is 10.8. The number of carboxylic acid groups (broad SMARTS) is 1. The summed E-state index contributed by atoms with van der Waals surface area (Å²) in [5.41, 5.74) is 0.0722. The van der Waals surface area contributed by atoms with Crippen LogP contribution in [0.5, 0.6) is 0 Å². The van der Waals surface area contributed by atoms with Gasteiger partial charge in [-0.3, -0.25) is 0 Å². The second-order valence-electron chi connectivity index (χ2n) is 4.22. The van der Waals surface area contributed by atoms with Gasteiger partial charge in [0, 0.05) is 19.1 Å². The number of carbonyl (C=O) groups is 1. The van der Waals surface area contributed by atoms with Crippen molar-refractivity contribution in [2.24, 2.45) is 0 Å². The molecule has 8 heteroatoms. The van der Waals surface area contributed by atoms with Crippen molar-refractivity contribution in [2.75, 3.05) is 18.4 Å². The van der Waals surface area contributed by atoms with Gasteiger partial charge >= 0.3 is 6.09 Å². The number of halogens is 1. The van der Waals surface area contributed by atoms with Crippen LogP contribution in [0, 0.1) is 11.3 Å². The second kappa shape index (κ2) is 5.71. The van der Waals surface area contributed by atoms with Gasteiger partial charge in [-0.25, -0.2) is 14.8 Å². The highest BCUT2D eigenvalue weighted by Gasteiger charge is 2.23. The van der Waals surface area contributed by atoms with Gasteiger partial charge < -0.3 is 15.3 Å². The molecular formula is C11H12ClN5O2. The summed E-state index contributed by atoms with van der Waals surface area (Å²) in [4.78, 5) is 20.1. The molecule has 2 rings (SSSR count). The highest BCUT2D eigenvalue weighted by molar-refractivity contribution is 6.30. The summed E-state index contributed by atoms with van der Waals surface area (Å²) in [7, 11) is 0. The van der Waals surface area contributed by atoms with Crippen molar-refractivity contribution in [1.82, 2.24) is 14.9 Å². The highest BCUT2D eigenvalue weighted by atomic mass is 35.5. The van der Waals surface area contributed by atoms with Crippen LogP contribution in [0.1, 0.15) is 18.5 Å². The topological polar surface area (TPSA) is 102 Å². The van der Waals surface area contributed by atoms with Gasteiger partial charge in [-0.15, -0.1) is 0 Å². The molecule has 0 saturated carbocycles. The number of hydrogen-bond acceptors (Lipinski definition) is 5. The second-order valence-corrected chi connectivity index (χ2v) is 4.58. The minimum atomic E-state index is -0.921. The SMILES string of the molecule is N#Cc1ncc(N[C@@H]2CCCN(C(=O)O)C2)nc1Cl. The Morgan fingerprint density at radius 1 is 1.68 bits per heavy atom. The number of piperidine rings is 1. The first-order chi connectivity index (χ1) is 9.10. The Kier molecular flexibility index (Phi) is 4.02. The van der Waals surface area contributed by atoms with Crippen LogP contribution < -0.4 is 5.32 Å². The van der Waals surface area contributed by atoms with Crippen molar-refractivity contribution in [3.8, 4) is 6.07 Å². The van der Waals surface area contributed by atoms with Gasteiger partial charge in [0.2, 0.25) is 0 Å². The Morgan fingerprint density at radius 2 is 2.47 bits per heavy atom. The molecule has 7 nitrogen and oxygen atoms in total. The first-order valence-electron chi connectivity index (χ1n) is 5.77. The monoisotopic (exact) mass is 281 g/mol. The van der Waals surface area contributed by atoms with E-state index in [-0.39, 0.29) is 16.9 Å². The molecule has 0 aromatic carbocycles. The van der Waals surface area contributed by atoms with E-state index in [4.69, 9.17) is 22.0 Å². The predicted molar refractivity (Wildman–Crippen MR) is 68.0 cm³/mol. The number of hydrogen-bond donors (Lipinski definition) is 2. The van der Waals surface area contributed by atoms with Crippen molar-refractivity contribution in [3.05, 3.63) is 17.0 Å². The molecule has 1 atom stereocenters. The Hall–Kier alpha value is -2.07. The van der Waals surface area contributed by atoms with Gasteiger partial charge in [-0.1, -0.05) is 11.6 Å². The lowest BCUT2D eigenvalue weighted by Crippen LogP contribution is -2.44. The predicted octanol–water partition coefficient (Wildman–Crippen LogP) is 1.56. The maximum absolute atomic E-state index is 10.9. The molecule has 1 aromatic rings. The average molecular weight is 282 g/mol. The smallest absolute Gasteiger partial charge is 0.407 e. The Balaban J connectivity index is 2.03. The Bertz CT molecular complexity index is 530. The van der Waals surface area contributed by atoms with E-state index in [0.29, 0.717) is 18.9 Å². The molecule has 100 valence electrons. The largest absolute Gasteiger partial charge is 0.465 e. The third kappa shape index (κ3) is 3.23. The lowest BCUT2D eigenvalue weighted by molar-refractivity contribution is 0.133. The van der Waals surface area contributed by atoms with Crippen LogP contribution in [0.25, 0.3) is 0 Å². The third-order valence-electron chi connectivity index (χ3n) is 2.88. The fourth-order valence-corrected chi connectivity index (χ4v) is 2.17. The van der Waals surface area contributed by atoms with Crippen molar-refractivity contribution < 1.29 is 9.90 Å². The van der Waals surface area contributed by atoms with E-state index in [2.05, 4.69) is 15.3 Å². The van der Waals surface area contributed by atoms with Crippen LogP contribution >= 0.6 is 11.6 Å². The summed E-state index contributed by atoms with van der Waals surface area (Å²) in [5, 5.41) is 20.8. The molecule has 0 radical (unpaired) electrons. The van der Waals surface area contributed by atoms with Crippen LogP contribution in [0.3, 0.4) is 0 Å². The molecule has 1 saturated heterocycles. The highest BCUT2D eigenvalue weighted by Crippen LogP contribution is 2.17. The van der Waals surface area contributed by atoms with Gasteiger partial charge in [0.25, 0.3) is 0 Å². The molecule has 1 aromatic heterocycles. The van der Waals surface area contributed by atoms with Crippen molar-refractivity contribution in [3.63, 3.8) is 0 Å². The summed E-state index contributed by atoms with van der Waals surface area (Å²) in [6, 6.07) is 1.80. The van der Waals surface area contributed by atoms with E-state index in [9.17, 15) is 4.79 Å². The van der Waals surface area contributed by atoms with Crippen LogP contribution in [-0.4, -0.2) is 45.2 Å². The molecule has 0 unspecified atom stereocenters. The van der Waals surface area contributed by atoms with Crippen LogP contribution in [0.15, 0.2) is 6.20 Å². The maximum Gasteiger partial charge on any atom is 0.407 e. The zero-order valence-electron chi connectivity index (χ0n) is 10.0. The molecule has 1 amide bonds. The van der Waals surface area contributed by atoms with E-state index >= 15 is 0 Å². The van der Waals surface area contributed by atoms with Crippen LogP contribution in [0.2, 0.25) is 5.15 Å². The number of aromatic nitrogens is 2. The molecule has 0 aliphatic carbocycles. The lowest BCUT2D eigenvalue weighted by Gasteiger charge is -2.31. The van der Waals surface area contributed by atoms with Gasteiger partial charge in [-0.2, -0.15) is 5.26 Å².